The first-order chi connectivity index (χ1) is 8.72. The van der Waals surface area contributed by atoms with E-state index in [2.05, 4.69) is 39.9 Å². The molecule has 18 heavy (non-hydrogen) atoms. The highest BCUT2D eigenvalue weighted by molar-refractivity contribution is 5.00. The molecule has 0 radical (unpaired) electrons. The molecule has 1 N–H and O–H groups in total. The van der Waals surface area contributed by atoms with E-state index in [4.69, 9.17) is 0 Å². The monoisotopic (exact) mass is 248 g/mol. The van der Waals surface area contributed by atoms with Crippen molar-refractivity contribution in [2.45, 2.75) is 44.8 Å². The van der Waals surface area contributed by atoms with E-state index in [0.29, 0.717) is 12.0 Å². The van der Waals surface area contributed by atoms with Crippen molar-refractivity contribution in [3.63, 3.8) is 0 Å². The van der Waals surface area contributed by atoms with Crippen molar-refractivity contribution in [3.8, 4) is 0 Å². The number of hydrogen-bond acceptors (Lipinski definition) is 3. The lowest BCUT2D eigenvalue weighted by Gasteiger charge is -2.35. The van der Waals surface area contributed by atoms with Gasteiger partial charge in [0.1, 0.15) is 0 Å². The smallest absolute Gasteiger partial charge is 0.0952 e. The molecule has 0 aromatic carbocycles. The van der Waals surface area contributed by atoms with E-state index >= 15 is 0 Å². The molecule has 3 rings (SSSR count). The first-order valence-electron chi connectivity index (χ1n) is 7.16. The maximum atomic E-state index is 4.53. The molecule has 2 atom stereocenters. The molecular weight excluding hydrogens is 224 g/mol. The highest BCUT2D eigenvalue weighted by atomic mass is 15.2. The number of rotatable bonds is 4. The van der Waals surface area contributed by atoms with Crippen LogP contribution in [-0.2, 0) is 6.54 Å². The van der Waals surface area contributed by atoms with Crippen molar-refractivity contribution in [3.05, 3.63) is 18.2 Å². The Hall–Kier alpha value is -0.870. The van der Waals surface area contributed by atoms with Gasteiger partial charge in [0, 0.05) is 31.4 Å². The lowest BCUT2D eigenvalue weighted by atomic mass is 9.94. The minimum Gasteiger partial charge on any atom is -0.334 e. The van der Waals surface area contributed by atoms with Gasteiger partial charge in [0.25, 0.3) is 0 Å². The number of aromatic nitrogens is 2. The molecule has 1 aromatic rings. The Labute approximate surface area is 109 Å². The van der Waals surface area contributed by atoms with Gasteiger partial charge in [-0.15, -0.1) is 0 Å². The third-order valence-electron chi connectivity index (χ3n) is 4.25. The first-order valence-corrected chi connectivity index (χ1v) is 7.16. The molecule has 2 fully saturated rings. The van der Waals surface area contributed by atoms with Crippen LogP contribution in [0.3, 0.4) is 0 Å². The van der Waals surface area contributed by atoms with Crippen LogP contribution >= 0.6 is 0 Å². The normalized spacial score (nSPS) is 29.7. The molecule has 0 bridgehead atoms. The second-order valence-corrected chi connectivity index (χ2v) is 6.06. The van der Waals surface area contributed by atoms with Crippen LogP contribution in [0.5, 0.6) is 0 Å². The van der Waals surface area contributed by atoms with Crippen LogP contribution < -0.4 is 5.32 Å². The van der Waals surface area contributed by atoms with Gasteiger partial charge in [0.2, 0.25) is 0 Å². The summed E-state index contributed by atoms with van der Waals surface area (Å²) < 4.78 is 2.33. The quantitative estimate of drug-likeness (QED) is 0.879. The maximum Gasteiger partial charge on any atom is 0.0952 e. The Balaban J connectivity index is 1.60. The molecule has 4 heteroatoms. The molecule has 1 saturated carbocycles. The summed E-state index contributed by atoms with van der Waals surface area (Å²) in [5, 5.41) is 3.52. The zero-order valence-electron chi connectivity index (χ0n) is 11.5. The van der Waals surface area contributed by atoms with Gasteiger partial charge in [0.05, 0.1) is 12.0 Å². The highest BCUT2D eigenvalue weighted by Crippen LogP contribution is 2.27. The molecule has 100 valence electrons. The van der Waals surface area contributed by atoms with Crippen molar-refractivity contribution in [2.75, 3.05) is 20.1 Å². The number of likely N-dealkylation sites (tertiary alicyclic amines) is 1. The average Bonchev–Trinajstić information content (AvgIpc) is 3.05. The fourth-order valence-electron chi connectivity index (χ4n) is 2.97. The zero-order valence-corrected chi connectivity index (χ0v) is 11.5. The largest absolute Gasteiger partial charge is 0.334 e. The molecule has 1 aliphatic heterocycles. The Kier molecular flexibility index (Phi) is 3.39. The second kappa shape index (κ2) is 5.02. The third kappa shape index (κ3) is 2.75. The predicted octanol–water partition coefficient (Wildman–Crippen LogP) is 1.65. The summed E-state index contributed by atoms with van der Waals surface area (Å²) in [7, 11) is 2.21. The van der Waals surface area contributed by atoms with Gasteiger partial charge < -0.3 is 14.8 Å². The number of piperidine rings is 1. The molecule has 1 saturated heterocycles. The molecular formula is C14H24N4. The van der Waals surface area contributed by atoms with Crippen molar-refractivity contribution in [2.24, 2.45) is 5.92 Å². The summed E-state index contributed by atoms with van der Waals surface area (Å²) in [5.74, 6) is 0.710. The van der Waals surface area contributed by atoms with Crippen molar-refractivity contribution < 1.29 is 0 Å². The Morgan fingerprint density at radius 2 is 2.22 bits per heavy atom. The van der Waals surface area contributed by atoms with E-state index in [1.807, 2.05) is 6.33 Å². The van der Waals surface area contributed by atoms with E-state index in [1.165, 1.54) is 38.0 Å². The molecule has 2 heterocycles. The molecule has 2 unspecified atom stereocenters. The average molecular weight is 248 g/mol. The summed E-state index contributed by atoms with van der Waals surface area (Å²) in [6, 6.07) is 1.39. The van der Waals surface area contributed by atoms with Crippen molar-refractivity contribution in [1.82, 2.24) is 19.8 Å². The first kappa shape index (κ1) is 12.2. The molecule has 2 aliphatic rings. The predicted molar refractivity (Wildman–Crippen MR) is 72.4 cm³/mol. The van der Waals surface area contributed by atoms with E-state index in [0.717, 1.165) is 12.6 Å². The van der Waals surface area contributed by atoms with Crippen LogP contribution in [-0.4, -0.2) is 40.6 Å². The van der Waals surface area contributed by atoms with Crippen LogP contribution in [0.1, 0.15) is 37.9 Å². The van der Waals surface area contributed by atoms with Gasteiger partial charge in [-0.05, 0) is 38.8 Å². The summed E-state index contributed by atoms with van der Waals surface area (Å²) in [6.07, 6.45) is 8.18. The summed E-state index contributed by atoms with van der Waals surface area (Å²) >= 11 is 0. The molecule has 1 aromatic heterocycles. The number of hydrogen-bond donors (Lipinski definition) is 1. The van der Waals surface area contributed by atoms with Crippen LogP contribution in [0.4, 0.5) is 0 Å². The lowest BCUT2D eigenvalue weighted by Crippen LogP contribution is -2.37. The standard InChI is InChI=1S/C14H24N4/c1-11-8-17(2)6-5-14(11)18-9-13(16-10-18)7-15-12-3-4-12/h9-12,14-15H,3-8H2,1-2H3. The van der Waals surface area contributed by atoms with Gasteiger partial charge >= 0.3 is 0 Å². The zero-order chi connectivity index (χ0) is 12.5. The van der Waals surface area contributed by atoms with Crippen molar-refractivity contribution >= 4 is 0 Å². The Morgan fingerprint density at radius 1 is 1.39 bits per heavy atom. The van der Waals surface area contributed by atoms with Crippen LogP contribution in [0.2, 0.25) is 0 Å². The van der Waals surface area contributed by atoms with E-state index in [9.17, 15) is 0 Å². The van der Waals surface area contributed by atoms with Gasteiger partial charge in [0.15, 0.2) is 0 Å². The summed E-state index contributed by atoms with van der Waals surface area (Å²) in [6.45, 7) is 5.67. The van der Waals surface area contributed by atoms with E-state index < -0.39 is 0 Å². The van der Waals surface area contributed by atoms with Gasteiger partial charge in [-0.1, -0.05) is 6.92 Å². The van der Waals surface area contributed by atoms with E-state index in [1.54, 1.807) is 0 Å². The topological polar surface area (TPSA) is 33.1 Å². The molecule has 0 amide bonds. The minimum absolute atomic E-state index is 0.628. The van der Waals surface area contributed by atoms with E-state index in [-0.39, 0.29) is 0 Å². The minimum atomic E-state index is 0.628. The van der Waals surface area contributed by atoms with Crippen molar-refractivity contribution in [1.29, 1.82) is 0 Å². The number of imidazole rings is 1. The van der Waals surface area contributed by atoms with Gasteiger partial charge in [-0.3, -0.25) is 0 Å². The Morgan fingerprint density at radius 3 is 2.94 bits per heavy atom. The molecule has 0 spiro atoms. The molecule has 4 nitrogen and oxygen atoms in total. The lowest BCUT2D eigenvalue weighted by molar-refractivity contribution is 0.159. The van der Waals surface area contributed by atoms with Gasteiger partial charge in [-0.2, -0.15) is 0 Å². The summed E-state index contributed by atoms with van der Waals surface area (Å²) in [5.41, 5.74) is 1.19. The highest BCUT2D eigenvalue weighted by Gasteiger charge is 2.26. The van der Waals surface area contributed by atoms with Gasteiger partial charge in [-0.25, -0.2) is 4.98 Å². The number of nitrogens with zero attached hydrogens (tertiary/aromatic N) is 3. The third-order valence-corrected chi connectivity index (χ3v) is 4.25. The fraction of sp³-hybridized carbons (Fsp3) is 0.786. The maximum absolute atomic E-state index is 4.53. The van der Waals surface area contributed by atoms with Crippen LogP contribution in [0.25, 0.3) is 0 Å². The Bertz CT molecular complexity index is 396. The van der Waals surface area contributed by atoms with Crippen LogP contribution in [0.15, 0.2) is 12.5 Å². The SMILES string of the molecule is CC1CN(C)CCC1n1cnc(CNC2CC2)c1. The van der Waals surface area contributed by atoms with Crippen LogP contribution in [0, 0.1) is 5.92 Å². The number of nitrogens with one attached hydrogen (secondary N) is 1. The summed E-state index contributed by atoms with van der Waals surface area (Å²) in [4.78, 5) is 6.96. The second-order valence-electron chi connectivity index (χ2n) is 6.06. The molecule has 1 aliphatic carbocycles. The fourth-order valence-corrected chi connectivity index (χ4v) is 2.97.